The van der Waals surface area contributed by atoms with Crippen molar-refractivity contribution in [1.82, 2.24) is 10.6 Å². The largest absolute Gasteiger partial charge is 0.465 e. The van der Waals surface area contributed by atoms with Crippen LogP contribution in [0.4, 0.5) is 4.79 Å². The highest BCUT2D eigenvalue weighted by molar-refractivity contribution is 7.91. The average molecular weight is 290 g/mol. The topological polar surface area (TPSA) is 95.5 Å². The lowest BCUT2D eigenvalue weighted by atomic mass is 9.90. The third-order valence-electron chi connectivity index (χ3n) is 4.08. The molecule has 0 bridgehead atoms. The smallest absolute Gasteiger partial charge is 0.404 e. The zero-order valence-electron chi connectivity index (χ0n) is 11.0. The maximum atomic E-state index is 11.3. The molecule has 0 aromatic carbocycles. The lowest BCUT2D eigenvalue weighted by Gasteiger charge is -2.33. The van der Waals surface area contributed by atoms with Crippen molar-refractivity contribution in [1.29, 1.82) is 0 Å². The molecule has 110 valence electrons. The highest BCUT2D eigenvalue weighted by Crippen LogP contribution is 2.21. The Morgan fingerprint density at radius 3 is 1.89 bits per heavy atom. The van der Waals surface area contributed by atoms with Crippen molar-refractivity contribution in [3.8, 4) is 0 Å². The summed E-state index contributed by atoms with van der Waals surface area (Å²) in [6.45, 7) is 0. The Morgan fingerprint density at radius 2 is 1.37 bits per heavy atom. The summed E-state index contributed by atoms with van der Waals surface area (Å²) in [4.78, 5) is 10.5. The molecule has 0 radical (unpaired) electrons. The Morgan fingerprint density at radius 1 is 0.895 bits per heavy atom. The van der Waals surface area contributed by atoms with Crippen LogP contribution < -0.4 is 10.6 Å². The first-order chi connectivity index (χ1) is 8.94. The number of hydrogen-bond acceptors (Lipinski definition) is 4. The van der Waals surface area contributed by atoms with E-state index in [1.165, 1.54) is 0 Å². The molecule has 3 N–H and O–H groups in total. The quantitative estimate of drug-likeness (QED) is 0.712. The number of carboxylic acid groups (broad SMARTS) is 1. The molecule has 0 atom stereocenters. The molecule has 7 heteroatoms. The van der Waals surface area contributed by atoms with Gasteiger partial charge in [-0.2, -0.15) is 0 Å². The predicted octanol–water partition coefficient (Wildman–Crippen LogP) is 0.732. The highest BCUT2D eigenvalue weighted by atomic mass is 32.2. The van der Waals surface area contributed by atoms with E-state index in [1.807, 2.05) is 0 Å². The Hall–Kier alpha value is -0.820. The van der Waals surface area contributed by atoms with Crippen LogP contribution in [0.15, 0.2) is 0 Å². The summed E-state index contributed by atoms with van der Waals surface area (Å²) in [7, 11) is -2.79. The van der Waals surface area contributed by atoms with Gasteiger partial charge in [-0.1, -0.05) is 0 Å². The minimum absolute atomic E-state index is 0.0716. The van der Waals surface area contributed by atoms with Gasteiger partial charge in [-0.05, 0) is 38.5 Å². The molecule has 0 spiro atoms. The van der Waals surface area contributed by atoms with E-state index in [0.717, 1.165) is 25.7 Å². The summed E-state index contributed by atoms with van der Waals surface area (Å²) in [6.07, 6.45) is 4.08. The first-order valence-electron chi connectivity index (χ1n) is 6.90. The first-order valence-corrected chi connectivity index (χ1v) is 8.73. The Balaban J connectivity index is 1.70. The second-order valence-corrected chi connectivity index (χ2v) is 7.89. The fourth-order valence-corrected chi connectivity index (χ4v) is 4.46. The van der Waals surface area contributed by atoms with Crippen LogP contribution in [0.25, 0.3) is 0 Å². The van der Waals surface area contributed by atoms with E-state index in [9.17, 15) is 13.2 Å². The zero-order valence-corrected chi connectivity index (χ0v) is 11.8. The van der Waals surface area contributed by atoms with Crippen molar-refractivity contribution < 1.29 is 18.3 Å². The predicted molar refractivity (Wildman–Crippen MR) is 72.0 cm³/mol. The average Bonchev–Trinajstić information content (AvgIpc) is 2.34. The molecule has 6 nitrogen and oxygen atoms in total. The van der Waals surface area contributed by atoms with Gasteiger partial charge in [0.15, 0.2) is 0 Å². The fraction of sp³-hybridized carbons (Fsp3) is 0.917. The maximum absolute atomic E-state index is 11.3. The fourth-order valence-electron chi connectivity index (χ4n) is 2.97. The van der Waals surface area contributed by atoms with Crippen molar-refractivity contribution in [3.05, 3.63) is 0 Å². The molecule has 1 saturated carbocycles. The summed E-state index contributed by atoms with van der Waals surface area (Å²) < 4.78 is 22.7. The molecule has 1 heterocycles. The van der Waals surface area contributed by atoms with Gasteiger partial charge in [-0.3, -0.25) is 0 Å². The van der Waals surface area contributed by atoms with Gasteiger partial charge in [0.25, 0.3) is 0 Å². The molecular formula is C12H22N2O4S. The molecule has 0 unspecified atom stereocenters. The van der Waals surface area contributed by atoms with Crippen molar-refractivity contribution in [3.63, 3.8) is 0 Å². The van der Waals surface area contributed by atoms with E-state index >= 15 is 0 Å². The highest BCUT2D eigenvalue weighted by Gasteiger charge is 2.27. The SMILES string of the molecule is O=C(O)NC1CCC(NC2CCS(=O)(=O)CC2)CC1. The first kappa shape index (κ1) is 14.6. The van der Waals surface area contributed by atoms with Crippen LogP contribution in [-0.2, 0) is 9.84 Å². The van der Waals surface area contributed by atoms with E-state index in [0.29, 0.717) is 36.4 Å². The van der Waals surface area contributed by atoms with Gasteiger partial charge in [-0.25, -0.2) is 13.2 Å². The van der Waals surface area contributed by atoms with Crippen molar-refractivity contribution in [2.24, 2.45) is 0 Å². The second kappa shape index (κ2) is 6.09. The number of rotatable bonds is 3. The van der Waals surface area contributed by atoms with Gasteiger partial charge in [0.2, 0.25) is 0 Å². The number of nitrogens with one attached hydrogen (secondary N) is 2. The molecule has 1 amide bonds. The summed E-state index contributed by atoms with van der Waals surface area (Å²) in [5, 5.41) is 14.7. The van der Waals surface area contributed by atoms with Gasteiger partial charge in [0.1, 0.15) is 9.84 Å². The number of hydrogen-bond donors (Lipinski definition) is 3. The molecule has 0 aromatic rings. The minimum Gasteiger partial charge on any atom is -0.465 e. The molecule has 19 heavy (non-hydrogen) atoms. The Bertz CT molecular complexity index is 401. The summed E-state index contributed by atoms with van der Waals surface area (Å²) >= 11 is 0. The van der Waals surface area contributed by atoms with Crippen LogP contribution in [0, 0.1) is 0 Å². The molecule has 1 aliphatic carbocycles. The van der Waals surface area contributed by atoms with Gasteiger partial charge in [-0.15, -0.1) is 0 Å². The zero-order chi connectivity index (χ0) is 13.9. The number of sulfone groups is 1. The van der Waals surface area contributed by atoms with Gasteiger partial charge >= 0.3 is 6.09 Å². The summed E-state index contributed by atoms with van der Waals surface area (Å²) in [5.74, 6) is 0.584. The number of amides is 1. The Labute approximate surface area is 113 Å². The Kier molecular flexibility index (Phi) is 4.67. The molecule has 0 aromatic heterocycles. The third-order valence-corrected chi connectivity index (χ3v) is 5.80. The van der Waals surface area contributed by atoms with Crippen molar-refractivity contribution in [2.75, 3.05) is 11.5 Å². The van der Waals surface area contributed by atoms with Gasteiger partial charge in [0, 0.05) is 18.1 Å². The van der Waals surface area contributed by atoms with Crippen LogP contribution in [0.1, 0.15) is 38.5 Å². The lowest BCUT2D eigenvalue weighted by molar-refractivity contribution is 0.183. The van der Waals surface area contributed by atoms with Gasteiger partial charge in [0.05, 0.1) is 11.5 Å². The van der Waals surface area contributed by atoms with Crippen LogP contribution in [-0.4, -0.2) is 49.2 Å². The van der Waals surface area contributed by atoms with Crippen molar-refractivity contribution >= 4 is 15.9 Å². The number of carbonyl (C=O) groups is 1. The molecule has 2 fully saturated rings. The molecule has 2 rings (SSSR count). The molecule has 2 aliphatic rings. The molecule has 1 saturated heterocycles. The summed E-state index contributed by atoms with van der Waals surface area (Å²) in [6, 6.07) is 0.775. The molecular weight excluding hydrogens is 268 g/mol. The minimum atomic E-state index is -2.79. The van der Waals surface area contributed by atoms with Gasteiger partial charge < -0.3 is 15.7 Å². The van der Waals surface area contributed by atoms with E-state index in [4.69, 9.17) is 5.11 Å². The normalized spacial score (nSPS) is 31.8. The third kappa shape index (κ3) is 4.65. The van der Waals surface area contributed by atoms with Crippen LogP contribution in [0.3, 0.4) is 0 Å². The second-order valence-electron chi connectivity index (χ2n) is 5.59. The summed E-state index contributed by atoms with van der Waals surface area (Å²) in [5.41, 5.74) is 0. The van der Waals surface area contributed by atoms with E-state index < -0.39 is 15.9 Å². The van der Waals surface area contributed by atoms with E-state index in [1.54, 1.807) is 0 Å². The molecule has 1 aliphatic heterocycles. The van der Waals surface area contributed by atoms with Crippen LogP contribution >= 0.6 is 0 Å². The van der Waals surface area contributed by atoms with Crippen LogP contribution in [0.5, 0.6) is 0 Å². The monoisotopic (exact) mass is 290 g/mol. The maximum Gasteiger partial charge on any atom is 0.404 e. The van der Waals surface area contributed by atoms with E-state index in [2.05, 4.69) is 10.6 Å². The van der Waals surface area contributed by atoms with Crippen molar-refractivity contribution in [2.45, 2.75) is 56.7 Å². The standard InChI is InChI=1S/C12H22N2O4S/c15-12(16)14-10-3-1-9(2-4-10)13-11-5-7-19(17,18)8-6-11/h9-11,13-14H,1-8H2,(H,15,16). The van der Waals surface area contributed by atoms with Crippen LogP contribution in [0.2, 0.25) is 0 Å². The van der Waals surface area contributed by atoms with E-state index in [-0.39, 0.29) is 6.04 Å². The lowest BCUT2D eigenvalue weighted by Crippen LogP contribution is -2.47.